The van der Waals surface area contributed by atoms with Crippen LogP contribution in [0.15, 0.2) is 52.5 Å². The maximum absolute atomic E-state index is 11.6. The number of thioether (sulfide) groups is 1. The molecule has 3 aromatic rings. The van der Waals surface area contributed by atoms with Gasteiger partial charge in [0.25, 0.3) is 0 Å². The summed E-state index contributed by atoms with van der Waals surface area (Å²) < 4.78 is 5.78. The molecule has 0 radical (unpaired) electrons. The average Bonchev–Trinajstić information content (AvgIpc) is 3.05. The molecule has 0 spiro atoms. The third kappa shape index (κ3) is 5.51. The number of H-pyrrole nitrogens is 1. The first kappa shape index (κ1) is 20.3. The minimum absolute atomic E-state index is 0.0943. The van der Waals surface area contributed by atoms with Crippen LogP contribution in [0.2, 0.25) is 10.0 Å². The zero-order valence-electron chi connectivity index (χ0n) is 14.6. The number of nitrogens with zero attached hydrogens (tertiary/aromatic N) is 2. The maximum atomic E-state index is 11.6. The zero-order valence-corrected chi connectivity index (χ0v) is 17.0. The summed E-state index contributed by atoms with van der Waals surface area (Å²) in [5.74, 6) is 0.137. The van der Waals surface area contributed by atoms with Gasteiger partial charge in [-0.2, -0.15) is 0 Å². The highest BCUT2D eigenvalue weighted by Crippen LogP contribution is 2.27. The van der Waals surface area contributed by atoms with E-state index in [0.717, 1.165) is 17.3 Å². The predicted molar refractivity (Wildman–Crippen MR) is 110 cm³/mol. The summed E-state index contributed by atoms with van der Waals surface area (Å²) in [5.41, 5.74) is 1.48. The van der Waals surface area contributed by atoms with Gasteiger partial charge in [-0.05, 0) is 54.6 Å². The highest BCUT2D eigenvalue weighted by atomic mass is 35.5. The Balaban J connectivity index is 1.75. The SMILES string of the molecule is Cc1nc(S/C(=C\c2cccc(OCc3ccc(Cl)cc3Cl)c2)C(=O)O)n[nH]1. The number of aliphatic carboxylic acids is 1. The number of ether oxygens (including phenoxy) is 1. The number of aromatic nitrogens is 3. The Hall–Kier alpha value is -2.48. The molecule has 1 aromatic heterocycles. The van der Waals surface area contributed by atoms with Crippen LogP contribution in [0.3, 0.4) is 0 Å². The van der Waals surface area contributed by atoms with Gasteiger partial charge in [-0.1, -0.05) is 41.4 Å². The molecule has 0 aliphatic rings. The van der Waals surface area contributed by atoms with Crippen LogP contribution >= 0.6 is 35.0 Å². The molecule has 1 heterocycles. The molecule has 0 amide bonds. The molecule has 0 atom stereocenters. The highest BCUT2D eigenvalue weighted by molar-refractivity contribution is 8.04. The molecule has 2 N–H and O–H groups in total. The van der Waals surface area contributed by atoms with Gasteiger partial charge in [0.15, 0.2) is 0 Å². The van der Waals surface area contributed by atoms with E-state index < -0.39 is 5.97 Å². The van der Waals surface area contributed by atoms with Crippen molar-refractivity contribution < 1.29 is 14.6 Å². The van der Waals surface area contributed by atoms with Crippen molar-refractivity contribution in [1.29, 1.82) is 0 Å². The van der Waals surface area contributed by atoms with Gasteiger partial charge in [0.2, 0.25) is 5.16 Å². The Morgan fingerprint density at radius 2 is 2.11 bits per heavy atom. The average molecular weight is 436 g/mol. The molecular weight excluding hydrogens is 421 g/mol. The van der Waals surface area contributed by atoms with Crippen molar-refractivity contribution in [3.8, 4) is 5.75 Å². The number of carbonyl (C=O) groups is 1. The van der Waals surface area contributed by atoms with Crippen LogP contribution < -0.4 is 4.74 Å². The van der Waals surface area contributed by atoms with Gasteiger partial charge in [-0.3, -0.25) is 5.10 Å². The summed E-state index contributed by atoms with van der Waals surface area (Å²) in [7, 11) is 0. The lowest BCUT2D eigenvalue weighted by Crippen LogP contribution is -1.98. The van der Waals surface area contributed by atoms with Crippen LogP contribution in [0.5, 0.6) is 5.75 Å². The molecule has 0 saturated heterocycles. The standard InChI is InChI=1S/C19H15Cl2N3O3S/c1-11-22-19(24-23-11)28-17(18(25)26)8-12-3-2-4-15(7-12)27-10-13-5-6-14(20)9-16(13)21/h2-9H,10H2,1H3,(H,25,26)(H,22,23,24)/b17-8-. The Bertz CT molecular complexity index is 1040. The van der Waals surface area contributed by atoms with E-state index in [9.17, 15) is 9.90 Å². The Morgan fingerprint density at radius 1 is 1.29 bits per heavy atom. The van der Waals surface area contributed by atoms with Crippen LogP contribution in [0.25, 0.3) is 6.08 Å². The van der Waals surface area contributed by atoms with Crippen LogP contribution in [0.4, 0.5) is 0 Å². The molecule has 0 saturated carbocycles. The van der Waals surface area contributed by atoms with Crippen molar-refractivity contribution in [2.75, 3.05) is 0 Å². The summed E-state index contributed by atoms with van der Waals surface area (Å²) in [5, 5.41) is 17.5. The monoisotopic (exact) mass is 435 g/mol. The minimum atomic E-state index is -1.06. The van der Waals surface area contributed by atoms with Crippen LogP contribution in [-0.2, 0) is 11.4 Å². The molecule has 28 heavy (non-hydrogen) atoms. The Labute approximate surface area is 175 Å². The normalized spacial score (nSPS) is 11.5. The number of carboxylic acid groups (broad SMARTS) is 1. The van der Waals surface area contributed by atoms with Crippen molar-refractivity contribution in [2.45, 2.75) is 18.7 Å². The fraction of sp³-hybridized carbons (Fsp3) is 0.105. The fourth-order valence-corrected chi connectivity index (χ4v) is 3.46. The number of carboxylic acids is 1. The topological polar surface area (TPSA) is 88.1 Å². The second-order valence-corrected chi connectivity index (χ2v) is 7.57. The van der Waals surface area contributed by atoms with E-state index in [4.69, 9.17) is 27.9 Å². The van der Waals surface area contributed by atoms with Crippen molar-refractivity contribution >= 4 is 47.0 Å². The number of aryl methyl sites for hydroxylation is 1. The first-order valence-electron chi connectivity index (χ1n) is 8.09. The van der Waals surface area contributed by atoms with Crippen molar-refractivity contribution in [1.82, 2.24) is 15.2 Å². The smallest absolute Gasteiger partial charge is 0.342 e. The van der Waals surface area contributed by atoms with Crippen molar-refractivity contribution in [3.63, 3.8) is 0 Å². The highest BCUT2D eigenvalue weighted by Gasteiger charge is 2.13. The quantitative estimate of drug-likeness (QED) is 0.390. The third-order valence-corrected chi connectivity index (χ3v) is 5.02. The van der Waals surface area contributed by atoms with Gasteiger partial charge in [0.05, 0.1) is 0 Å². The number of hydrogen-bond acceptors (Lipinski definition) is 5. The Morgan fingerprint density at radius 3 is 2.79 bits per heavy atom. The molecule has 9 heteroatoms. The van der Waals surface area contributed by atoms with E-state index in [2.05, 4.69) is 15.2 Å². The molecule has 2 aromatic carbocycles. The number of nitrogens with one attached hydrogen (secondary N) is 1. The van der Waals surface area contributed by atoms with Gasteiger partial charge < -0.3 is 9.84 Å². The van der Waals surface area contributed by atoms with Gasteiger partial charge >= 0.3 is 5.97 Å². The third-order valence-electron chi connectivity index (χ3n) is 3.55. The minimum Gasteiger partial charge on any atom is -0.489 e. The predicted octanol–water partition coefficient (Wildman–Crippen LogP) is 5.22. The fourth-order valence-electron chi connectivity index (χ4n) is 2.25. The van der Waals surface area contributed by atoms with Gasteiger partial charge in [0, 0.05) is 15.6 Å². The van der Waals surface area contributed by atoms with E-state index in [1.54, 1.807) is 55.5 Å². The lowest BCUT2D eigenvalue weighted by atomic mass is 10.2. The van der Waals surface area contributed by atoms with E-state index >= 15 is 0 Å². The molecule has 0 aliphatic carbocycles. The van der Waals surface area contributed by atoms with E-state index in [-0.39, 0.29) is 11.5 Å². The first-order valence-corrected chi connectivity index (χ1v) is 9.66. The molecule has 144 valence electrons. The summed E-state index contributed by atoms with van der Waals surface area (Å²) >= 11 is 13.0. The summed E-state index contributed by atoms with van der Waals surface area (Å²) in [4.78, 5) is 15.8. The summed E-state index contributed by atoms with van der Waals surface area (Å²) in [6, 6.07) is 12.3. The maximum Gasteiger partial charge on any atom is 0.342 e. The molecule has 3 rings (SSSR count). The summed E-state index contributed by atoms with van der Waals surface area (Å²) in [6.45, 7) is 2.01. The number of rotatable bonds is 7. The molecule has 6 nitrogen and oxygen atoms in total. The lowest BCUT2D eigenvalue weighted by Gasteiger charge is -2.09. The van der Waals surface area contributed by atoms with Gasteiger partial charge in [-0.25, -0.2) is 9.78 Å². The Kier molecular flexibility index (Phi) is 6.61. The van der Waals surface area contributed by atoms with Gasteiger partial charge in [0.1, 0.15) is 23.1 Å². The van der Waals surface area contributed by atoms with E-state index in [0.29, 0.717) is 32.3 Å². The van der Waals surface area contributed by atoms with Crippen LogP contribution in [-0.4, -0.2) is 26.3 Å². The van der Waals surface area contributed by atoms with E-state index in [1.165, 1.54) is 0 Å². The first-order chi connectivity index (χ1) is 13.4. The molecule has 0 bridgehead atoms. The van der Waals surface area contributed by atoms with Crippen molar-refractivity contribution in [3.05, 3.63) is 74.4 Å². The molecule has 0 unspecified atom stereocenters. The molecule has 0 fully saturated rings. The van der Waals surface area contributed by atoms with Crippen molar-refractivity contribution in [2.24, 2.45) is 0 Å². The second kappa shape index (κ2) is 9.14. The summed E-state index contributed by atoms with van der Waals surface area (Å²) in [6.07, 6.45) is 1.54. The lowest BCUT2D eigenvalue weighted by molar-refractivity contribution is -0.131. The zero-order chi connectivity index (χ0) is 20.1. The van der Waals surface area contributed by atoms with E-state index in [1.807, 2.05) is 0 Å². The second-order valence-electron chi connectivity index (χ2n) is 5.72. The van der Waals surface area contributed by atoms with Crippen LogP contribution in [0, 0.1) is 6.92 Å². The molecular formula is C19H15Cl2N3O3S. The number of halogens is 2. The van der Waals surface area contributed by atoms with Crippen LogP contribution in [0.1, 0.15) is 17.0 Å². The number of hydrogen-bond donors (Lipinski definition) is 2. The number of aromatic amines is 1. The van der Waals surface area contributed by atoms with Gasteiger partial charge in [-0.15, -0.1) is 5.10 Å². The molecule has 0 aliphatic heterocycles. The number of benzene rings is 2. The largest absolute Gasteiger partial charge is 0.489 e.